The number of aromatic nitrogens is 4. The minimum atomic E-state index is -0.822. The predicted molar refractivity (Wildman–Crippen MR) is 65.3 cm³/mol. The topological polar surface area (TPSA) is 118 Å². The Balaban J connectivity index is 1.74. The molecule has 0 spiro atoms. The Bertz CT molecular complexity index is 647. The van der Waals surface area contributed by atoms with Gasteiger partial charge in [0, 0.05) is 0 Å². The zero-order valence-corrected chi connectivity index (χ0v) is 10.4. The standard InChI is InChI=1S/C11H13N5O4/c12-9-6-10(14-2-13-9)16(3-15-6)11-7(17)8-5(20-11)1-18-4-19-8/h2-3,5,7-8,11,17H,1,4H2,(H2,12,13,14). The van der Waals surface area contributed by atoms with E-state index in [0.29, 0.717) is 23.6 Å². The van der Waals surface area contributed by atoms with Crippen molar-refractivity contribution in [3.8, 4) is 0 Å². The third-order valence-corrected chi connectivity index (χ3v) is 3.60. The van der Waals surface area contributed by atoms with E-state index in [2.05, 4.69) is 15.0 Å². The lowest BCUT2D eigenvalue weighted by atomic mass is 10.1. The number of imidazole rings is 1. The summed E-state index contributed by atoms with van der Waals surface area (Å²) in [6.45, 7) is 0.552. The molecule has 0 aromatic carbocycles. The molecule has 0 aliphatic carbocycles. The highest BCUT2D eigenvalue weighted by Crippen LogP contribution is 2.34. The van der Waals surface area contributed by atoms with Crippen molar-refractivity contribution in [3.63, 3.8) is 0 Å². The third-order valence-electron chi connectivity index (χ3n) is 3.60. The van der Waals surface area contributed by atoms with Crippen molar-refractivity contribution in [2.24, 2.45) is 0 Å². The SMILES string of the molecule is Nc1ncnc2c1ncn2C1OC2COCOC2C1O. The zero-order chi connectivity index (χ0) is 13.7. The Morgan fingerprint density at radius 2 is 2.25 bits per heavy atom. The highest BCUT2D eigenvalue weighted by Gasteiger charge is 2.47. The van der Waals surface area contributed by atoms with Gasteiger partial charge in [-0.1, -0.05) is 0 Å². The number of hydrogen-bond donors (Lipinski definition) is 2. The van der Waals surface area contributed by atoms with E-state index in [-0.39, 0.29) is 12.9 Å². The molecule has 4 unspecified atom stereocenters. The van der Waals surface area contributed by atoms with Crippen LogP contribution in [0.15, 0.2) is 12.7 Å². The number of nitrogens with two attached hydrogens (primary N) is 1. The second-order valence-corrected chi connectivity index (χ2v) is 4.76. The largest absolute Gasteiger partial charge is 0.386 e. The predicted octanol–water partition coefficient (Wildman–Crippen LogP) is -0.960. The molecule has 2 aromatic heterocycles. The molecule has 2 fully saturated rings. The summed E-state index contributed by atoms with van der Waals surface area (Å²) in [5.41, 5.74) is 6.74. The van der Waals surface area contributed by atoms with E-state index in [4.69, 9.17) is 19.9 Å². The molecule has 9 heteroatoms. The lowest BCUT2D eigenvalue weighted by molar-refractivity contribution is -0.189. The molecule has 0 bridgehead atoms. The van der Waals surface area contributed by atoms with Gasteiger partial charge in [0.05, 0.1) is 12.9 Å². The van der Waals surface area contributed by atoms with E-state index < -0.39 is 18.4 Å². The summed E-state index contributed by atoms with van der Waals surface area (Å²) in [4.78, 5) is 12.2. The Morgan fingerprint density at radius 3 is 3.10 bits per heavy atom. The van der Waals surface area contributed by atoms with Crippen molar-refractivity contribution in [2.75, 3.05) is 19.1 Å². The van der Waals surface area contributed by atoms with Crippen LogP contribution in [0.25, 0.3) is 11.2 Å². The van der Waals surface area contributed by atoms with Gasteiger partial charge in [0.1, 0.15) is 36.9 Å². The van der Waals surface area contributed by atoms with Crippen molar-refractivity contribution in [1.82, 2.24) is 19.5 Å². The average molecular weight is 279 g/mol. The van der Waals surface area contributed by atoms with Gasteiger partial charge < -0.3 is 25.1 Å². The van der Waals surface area contributed by atoms with Gasteiger partial charge >= 0.3 is 0 Å². The first-order valence-corrected chi connectivity index (χ1v) is 6.21. The summed E-state index contributed by atoms with van der Waals surface area (Å²) in [5.74, 6) is 0.290. The van der Waals surface area contributed by atoms with Gasteiger partial charge in [0.15, 0.2) is 17.7 Å². The van der Waals surface area contributed by atoms with Gasteiger partial charge in [0.25, 0.3) is 0 Å². The number of rotatable bonds is 1. The van der Waals surface area contributed by atoms with Gasteiger partial charge in [-0.05, 0) is 0 Å². The molecule has 2 saturated heterocycles. The second-order valence-electron chi connectivity index (χ2n) is 4.76. The van der Waals surface area contributed by atoms with Crippen molar-refractivity contribution >= 4 is 17.0 Å². The summed E-state index contributed by atoms with van der Waals surface area (Å²) in [6, 6.07) is 0. The third kappa shape index (κ3) is 1.61. The number of anilines is 1. The number of ether oxygens (including phenoxy) is 3. The Hall–Kier alpha value is -1.81. The number of nitrogens with zero attached hydrogens (tertiary/aromatic N) is 4. The molecular weight excluding hydrogens is 266 g/mol. The van der Waals surface area contributed by atoms with E-state index in [1.54, 1.807) is 4.57 Å². The molecular formula is C11H13N5O4. The maximum Gasteiger partial charge on any atom is 0.167 e. The summed E-state index contributed by atoms with van der Waals surface area (Å²) >= 11 is 0. The summed E-state index contributed by atoms with van der Waals surface area (Å²) < 4.78 is 18.0. The first-order chi connectivity index (χ1) is 9.75. The van der Waals surface area contributed by atoms with Crippen molar-refractivity contribution in [1.29, 1.82) is 0 Å². The van der Waals surface area contributed by atoms with E-state index in [1.807, 2.05) is 0 Å². The summed E-state index contributed by atoms with van der Waals surface area (Å²) in [7, 11) is 0. The van der Waals surface area contributed by atoms with Gasteiger partial charge in [-0.2, -0.15) is 0 Å². The second kappa shape index (κ2) is 4.35. The molecule has 4 atom stereocenters. The Kier molecular flexibility index (Phi) is 2.60. The molecule has 9 nitrogen and oxygen atoms in total. The number of hydrogen-bond acceptors (Lipinski definition) is 8. The summed E-state index contributed by atoms with van der Waals surface area (Å²) in [5, 5.41) is 10.4. The van der Waals surface area contributed by atoms with Crippen LogP contribution >= 0.6 is 0 Å². The monoisotopic (exact) mass is 279 g/mol. The van der Waals surface area contributed by atoms with Crippen LogP contribution in [0.5, 0.6) is 0 Å². The molecule has 2 aromatic rings. The van der Waals surface area contributed by atoms with Crippen LogP contribution in [0, 0.1) is 0 Å². The van der Waals surface area contributed by atoms with Gasteiger partial charge in [-0.3, -0.25) is 4.57 Å². The van der Waals surface area contributed by atoms with Gasteiger partial charge in [-0.15, -0.1) is 0 Å². The molecule has 20 heavy (non-hydrogen) atoms. The molecule has 2 aliphatic heterocycles. The minimum Gasteiger partial charge on any atom is -0.386 e. The van der Waals surface area contributed by atoms with Crippen molar-refractivity contribution in [3.05, 3.63) is 12.7 Å². The fourth-order valence-corrected chi connectivity index (χ4v) is 2.64. The van der Waals surface area contributed by atoms with E-state index in [9.17, 15) is 5.11 Å². The van der Waals surface area contributed by atoms with Crippen LogP contribution in [-0.2, 0) is 14.2 Å². The lowest BCUT2D eigenvalue weighted by Crippen LogP contribution is -2.41. The zero-order valence-electron chi connectivity index (χ0n) is 10.4. The smallest absolute Gasteiger partial charge is 0.167 e. The maximum absolute atomic E-state index is 10.4. The quantitative estimate of drug-likeness (QED) is 0.685. The average Bonchev–Trinajstić information content (AvgIpc) is 3.02. The normalized spacial score (nSPS) is 33.5. The van der Waals surface area contributed by atoms with Crippen molar-refractivity contribution < 1.29 is 19.3 Å². The van der Waals surface area contributed by atoms with Crippen LogP contribution in [0.4, 0.5) is 5.82 Å². The summed E-state index contributed by atoms with van der Waals surface area (Å²) in [6.07, 6.45) is 0.709. The highest BCUT2D eigenvalue weighted by molar-refractivity contribution is 5.81. The maximum atomic E-state index is 10.4. The molecule has 0 radical (unpaired) electrons. The molecule has 106 valence electrons. The van der Waals surface area contributed by atoms with Gasteiger partial charge in [-0.25, -0.2) is 15.0 Å². The molecule has 0 amide bonds. The number of nitrogen functional groups attached to an aromatic ring is 1. The van der Waals surface area contributed by atoms with Gasteiger partial charge in [0.2, 0.25) is 0 Å². The Morgan fingerprint density at radius 1 is 1.35 bits per heavy atom. The van der Waals surface area contributed by atoms with Crippen LogP contribution in [0.1, 0.15) is 6.23 Å². The fraction of sp³-hybridized carbons (Fsp3) is 0.545. The first-order valence-electron chi connectivity index (χ1n) is 6.21. The number of fused-ring (bicyclic) bond motifs is 2. The minimum absolute atomic E-state index is 0.161. The van der Waals surface area contributed by atoms with E-state index >= 15 is 0 Å². The van der Waals surface area contributed by atoms with Crippen LogP contribution < -0.4 is 5.73 Å². The molecule has 4 heterocycles. The first kappa shape index (κ1) is 12.0. The molecule has 4 rings (SSSR count). The van der Waals surface area contributed by atoms with Crippen LogP contribution in [0.3, 0.4) is 0 Å². The number of aliphatic hydroxyl groups excluding tert-OH is 1. The van der Waals surface area contributed by atoms with E-state index in [1.165, 1.54) is 12.7 Å². The van der Waals surface area contributed by atoms with Crippen molar-refractivity contribution in [2.45, 2.75) is 24.5 Å². The molecule has 2 aliphatic rings. The Labute approximate surface area is 113 Å². The van der Waals surface area contributed by atoms with Crippen LogP contribution in [-0.4, -0.2) is 56.3 Å². The molecule has 3 N–H and O–H groups in total. The van der Waals surface area contributed by atoms with E-state index in [0.717, 1.165) is 0 Å². The number of aliphatic hydroxyl groups is 1. The molecule has 0 saturated carbocycles. The van der Waals surface area contributed by atoms with Crippen LogP contribution in [0.2, 0.25) is 0 Å². The highest BCUT2D eigenvalue weighted by atomic mass is 16.7. The lowest BCUT2D eigenvalue weighted by Gasteiger charge is -2.25. The fourth-order valence-electron chi connectivity index (χ4n) is 2.64.